The fourth-order valence-electron chi connectivity index (χ4n) is 3.38. The quantitative estimate of drug-likeness (QED) is 0.897. The molecule has 1 saturated carbocycles. The summed E-state index contributed by atoms with van der Waals surface area (Å²) >= 11 is 3.56. The lowest BCUT2D eigenvalue weighted by Gasteiger charge is -2.35. The largest absolute Gasteiger partial charge is 0.388 e. The van der Waals surface area contributed by atoms with Crippen molar-refractivity contribution in [3.05, 3.63) is 21.4 Å². The predicted molar refractivity (Wildman–Crippen MR) is 89.1 cm³/mol. The molecule has 5 heteroatoms. The number of carbonyl (C=O) groups excluding carboxylic acids is 1. The molecule has 0 radical (unpaired) electrons. The standard InChI is InChI=1S/C16H23NO2S2/c1-11-3-2-5-16(19,8-11)10-17-15(18)14-7-12-9-20-6-4-13(12)21-14/h7,11,19H,2-6,8-10H2,1H3,(H,17,18). The molecule has 2 unspecified atom stereocenters. The Bertz CT molecular complexity index is 505. The van der Waals surface area contributed by atoms with Gasteiger partial charge in [0.2, 0.25) is 0 Å². The van der Waals surface area contributed by atoms with Crippen LogP contribution in [0.1, 0.15) is 52.7 Å². The van der Waals surface area contributed by atoms with Crippen molar-refractivity contribution >= 4 is 29.0 Å². The van der Waals surface area contributed by atoms with E-state index < -0.39 is 5.60 Å². The third kappa shape index (κ3) is 3.63. The first-order valence-electron chi connectivity index (χ1n) is 7.76. The van der Waals surface area contributed by atoms with Crippen molar-refractivity contribution in [2.45, 2.75) is 50.4 Å². The topological polar surface area (TPSA) is 49.3 Å². The maximum absolute atomic E-state index is 12.3. The highest BCUT2D eigenvalue weighted by Gasteiger charge is 2.33. The Balaban J connectivity index is 1.60. The summed E-state index contributed by atoms with van der Waals surface area (Å²) in [5, 5.41) is 13.5. The van der Waals surface area contributed by atoms with Crippen LogP contribution < -0.4 is 5.32 Å². The zero-order valence-electron chi connectivity index (χ0n) is 12.5. The molecule has 3 rings (SSSR count). The number of hydrogen-bond acceptors (Lipinski definition) is 4. The molecule has 21 heavy (non-hydrogen) atoms. The summed E-state index contributed by atoms with van der Waals surface area (Å²) < 4.78 is 0. The molecule has 1 aliphatic carbocycles. The van der Waals surface area contributed by atoms with Crippen LogP contribution in [0.5, 0.6) is 0 Å². The molecule has 0 aromatic carbocycles. The van der Waals surface area contributed by atoms with E-state index in [1.54, 1.807) is 11.3 Å². The monoisotopic (exact) mass is 325 g/mol. The van der Waals surface area contributed by atoms with Gasteiger partial charge in [-0.05, 0) is 42.6 Å². The summed E-state index contributed by atoms with van der Waals surface area (Å²) in [6, 6.07) is 2.04. The molecule has 1 aromatic heterocycles. The Kier molecular flexibility index (Phi) is 4.62. The van der Waals surface area contributed by atoms with Crippen LogP contribution in [0.2, 0.25) is 0 Å². The van der Waals surface area contributed by atoms with Crippen molar-refractivity contribution in [1.82, 2.24) is 5.32 Å². The summed E-state index contributed by atoms with van der Waals surface area (Å²) in [7, 11) is 0. The number of rotatable bonds is 3. The van der Waals surface area contributed by atoms with E-state index >= 15 is 0 Å². The highest BCUT2D eigenvalue weighted by Crippen LogP contribution is 2.33. The molecule has 1 aliphatic heterocycles. The van der Waals surface area contributed by atoms with Gasteiger partial charge in [0, 0.05) is 17.2 Å². The molecule has 2 heterocycles. The summed E-state index contributed by atoms with van der Waals surface area (Å²) in [6.07, 6.45) is 4.92. The normalized spacial score (nSPS) is 29.0. The fraction of sp³-hybridized carbons (Fsp3) is 0.688. The Hall–Kier alpha value is -0.520. The fourth-order valence-corrected chi connectivity index (χ4v) is 5.67. The Morgan fingerprint density at radius 1 is 1.57 bits per heavy atom. The molecule has 0 saturated heterocycles. The number of thiophene rings is 1. The molecule has 2 atom stereocenters. The van der Waals surface area contributed by atoms with E-state index in [2.05, 4.69) is 12.2 Å². The lowest BCUT2D eigenvalue weighted by Crippen LogP contribution is -2.45. The summed E-state index contributed by atoms with van der Waals surface area (Å²) in [5.74, 6) is 2.71. The van der Waals surface area contributed by atoms with Gasteiger partial charge in [-0.25, -0.2) is 0 Å². The second-order valence-electron chi connectivity index (χ2n) is 6.47. The van der Waals surface area contributed by atoms with Crippen molar-refractivity contribution in [2.75, 3.05) is 12.3 Å². The molecule has 2 N–H and O–H groups in total. The number of thioether (sulfide) groups is 1. The molecule has 1 aromatic rings. The number of aryl methyl sites for hydroxylation is 1. The summed E-state index contributed by atoms with van der Waals surface area (Å²) in [5.41, 5.74) is 0.617. The van der Waals surface area contributed by atoms with Crippen LogP contribution in [0.15, 0.2) is 6.07 Å². The van der Waals surface area contributed by atoms with Crippen molar-refractivity contribution in [1.29, 1.82) is 0 Å². The predicted octanol–water partition coefficient (Wildman–Crippen LogP) is 3.21. The lowest BCUT2D eigenvalue weighted by molar-refractivity contribution is -0.0109. The SMILES string of the molecule is CC1CCCC(O)(CNC(=O)c2cc3c(s2)CCSC3)C1. The number of fused-ring (bicyclic) bond motifs is 1. The van der Waals surface area contributed by atoms with Gasteiger partial charge in [-0.1, -0.05) is 19.8 Å². The van der Waals surface area contributed by atoms with Crippen molar-refractivity contribution in [3.8, 4) is 0 Å². The number of nitrogens with one attached hydrogen (secondary N) is 1. The van der Waals surface area contributed by atoms with Crippen molar-refractivity contribution < 1.29 is 9.90 Å². The average molecular weight is 325 g/mol. The van der Waals surface area contributed by atoms with E-state index in [9.17, 15) is 9.90 Å². The average Bonchev–Trinajstić information content (AvgIpc) is 2.88. The minimum absolute atomic E-state index is 0.0222. The maximum atomic E-state index is 12.3. The van der Waals surface area contributed by atoms with Gasteiger partial charge >= 0.3 is 0 Å². The van der Waals surface area contributed by atoms with Gasteiger partial charge in [-0.2, -0.15) is 11.8 Å². The van der Waals surface area contributed by atoms with E-state index in [0.717, 1.165) is 42.1 Å². The van der Waals surface area contributed by atoms with Crippen LogP contribution in [-0.4, -0.2) is 28.9 Å². The highest BCUT2D eigenvalue weighted by atomic mass is 32.2. The number of aliphatic hydroxyl groups is 1. The van der Waals surface area contributed by atoms with E-state index in [1.807, 2.05) is 17.8 Å². The van der Waals surface area contributed by atoms with E-state index in [0.29, 0.717) is 12.5 Å². The molecule has 116 valence electrons. The van der Waals surface area contributed by atoms with Crippen molar-refractivity contribution in [2.24, 2.45) is 5.92 Å². The van der Waals surface area contributed by atoms with Crippen LogP contribution in [0.3, 0.4) is 0 Å². The number of carbonyl (C=O) groups is 1. The second-order valence-corrected chi connectivity index (χ2v) is 8.71. The molecular formula is C16H23NO2S2. The van der Waals surface area contributed by atoms with Crippen molar-refractivity contribution in [3.63, 3.8) is 0 Å². The maximum Gasteiger partial charge on any atom is 0.261 e. The Labute approximate surface area is 134 Å². The third-order valence-electron chi connectivity index (χ3n) is 4.50. The molecule has 0 bridgehead atoms. The molecular weight excluding hydrogens is 302 g/mol. The van der Waals surface area contributed by atoms with Gasteiger partial charge in [-0.15, -0.1) is 11.3 Å². The van der Waals surface area contributed by atoms with Crippen LogP contribution in [0, 0.1) is 5.92 Å². The Morgan fingerprint density at radius 3 is 3.19 bits per heavy atom. The Morgan fingerprint density at radius 2 is 2.43 bits per heavy atom. The molecule has 1 amide bonds. The van der Waals surface area contributed by atoms with Gasteiger partial charge in [0.15, 0.2) is 0 Å². The van der Waals surface area contributed by atoms with Gasteiger partial charge < -0.3 is 10.4 Å². The van der Waals surface area contributed by atoms with E-state index in [-0.39, 0.29) is 5.91 Å². The second kappa shape index (κ2) is 6.31. The van der Waals surface area contributed by atoms with Crippen LogP contribution in [0.25, 0.3) is 0 Å². The first kappa shape index (κ1) is 15.4. The molecule has 3 nitrogen and oxygen atoms in total. The minimum Gasteiger partial charge on any atom is -0.388 e. The zero-order chi connectivity index (χ0) is 14.9. The first-order valence-corrected chi connectivity index (χ1v) is 9.73. The molecule has 2 aliphatic rings. The minimum atomic E-state index is -0.708. The number of hydrogen-bond donors (Lipinski definition) is 2. The van der Waals surface area contributed by atoms with Gasteiger partial charge in [0.25, 0.3) is 5.91 Å². The van der Waals surface area contributed by atoms with E-state index in [1.165, 1.54) is 16.9 Å². The van der Waals surface area contributed by atoms with Crippen LogP contribution in [-0.2, 0) is 12.2 Å². The smallest absolute Gasteiger partial charge is 0.261 e. The molecule has 1 fully saturated rings. The lowest BCUT2D eigenvalue weighted by atomic mass is 9.79. The van der Waals surface area contributed by atoms with Crippen LogP contribution >= 0.6 is 23.1 Å². The first-order chi connectivity index (χ1) is 10.1. The van der Waals surface area contributed by atoms with E-state index in [4.69, 9.17) is 0 Å². The highest BCUT2D eigenvalue weighted by molar-refractivity contribution is 7.98. The van der Waals surface area contributed by atoms with Crippen LogP contribution in [0.4, 0.5) is 0 Å². The van der Waals surface area contributed by atoms with Gasteiger partial charge in [-0.3, -0.25) is 4.79 Å². The van der Waals surface area contributed by atoms with Gasteiger partial charge in [0.1, 0.15) is 0 Å². The zero-order valence-corrected chi connectivity index (χ0v) is 14.1. The summed E-state index contributed by atoms with van der Waals surface area (Å²) in [6.45, 7) is 2.56. The van der Waals surface area contributed by atoms with Gasteiger partial charge in [0.05, 0.1) is 10.5 Å². The number of amides is 1. The molecule has 0 spiro atoms. The third-order valence-corrected chi connectivity index (χ3v) is 6.74. The summed E-state index contributed by atoms with van der Waals surface area (Å²) in [4.78, 5) is 14.5.